The number of hydrogen-bond acceptors (Lipinski definition) is 4. The van der Waals surface area contributed by atoms with Crippen LogP contribution in [-0.4, -0.2) is 76.9 Å². The van der Waals surface area contributed by atoms with Gasteiger partial charge in [-0.15, -0.1) is 12.4 Å². The van der Waals surface area contributed by atoms with Gasteiger partial charge in [-0.1, -0.05) is 19.9 Å². The van der Waals surface area contributed by atoms with E-state index in [1.54, 1.807) is 11.8 Å². The predicted molar refractivity (Wildman–Crippen MR) is 144 cm³/mol. The molecule has 1 aromatic carbocycles. The van der Waals surface area contributed by atoms with E-state index < -0.39 is 6.04 Å². The molecular weight excluding hydrogens is 468 g/mol. The number of rotatable bonds is 7. The van der Waals surface area contributed by atoms with E-state index >= 15 is 0 Å². The maximum absolute atomic E-state index is 13.5. The summed E-state index contributed by atoms with van der Waals surface area (Å²) in [5.41, 5.74) is 1.51. The van der Waals surface area contributed by atoms with Gasteiger partial charge in [-0.25, -0.2) is 0 Å². The van der Waals surface area contributed by atoms with Gasteiger partial charge >= 0.3 is 0 Å². The zero-order chi connectivity index (χ0) is 23.4. The van der Waals surface area contributed by atoms with Gasteiger partial charge in [0.2, 0.25) is 5.91 Å². The van der Waals surface area contributed by atoms with E-state index in [2.05, 4.69) is 36.1 Å². The van der Waals surface area contributed by atoms with Gasteiger partial charge in [-0.3, -0.25) is 9.59 Å². The lowest BCUT2D eigenvalue weighted by molar-refractivity contribution is -0.134. The minimum absolute atomic E-state index is 0. The number of benzene rings is 1. The van der Waals surface area contributed by atoms with Gasteiger partial charge < -0.3 is 20.1 Å². The number of nitrogens with zero attached hydrogens (tertiary/aromatic N) is 2. The number of thioether (sulfide) groups is 1. The van der Waals surface area contributed by atoms with Crippen LogP contribution in [0.4, 0.5) is 0 Å². The van der Waals surface area contributed by atoms with Crippen molar-refractivity contribution in [2.24, 2.45) is 11.8 Å². The first-order chi connectivity index (χ1) is 15.9. The maximum Gasteiger partial charge on any atom is 0.252 e. The highest BCUT2D eigenvalue weighted by Gasteiger charge is 2.33. The van der Waals surface area contributed by atoms with E-state index in [1.165, 1.54) is 25.9 Å². The lowest BCUT2D eigenvalue weighted by Gasteiger charge is -2.40. The molecule has 1 atom stereocenters. The Morgan fingerprint density at radius 2 is 1.71 bits per heavy atom. The summed E-state index contributed by atoms with van der Waals surface area (Å²) in [4.78, 5) is 34.1. The number of aromatic amines is 1. The summed E-state index contributed by atoms with van der Waals surface area (Å²) < 4.78 is 0. The number of piperidine rings is 2. The Morgan fingerprint density at radius 1 is 1.06 bits per heavy atom. The first-order valence-electron chi connectivity index (χ1n) is 12.4. The second-order valence-electron chi connectivity index (χ2n) is 9.99. The fraction of sp³-hybridized carbons (Fsp3) is 0.615. The number of amides is 2. The molecule has 188 valence electrons. The molecule has 6 nitrogen and oxygen atoms in total. The molecule has 4 rings (SSSR count). The van der Waals surface area contributed by atoms with Crippen molar-refractivity contribution in [2.75, 3.05) is 39.0 Å². The van der Waals surface area contributed by atoms with E-state index in [0.717, 1.165) is 48.7 Å². The van der Waals surface area contributed by atoms with E-state index in [-0.39, 0.29) is 24.2 Å². The number of nitrogens with one attached hydrogen (secondary N) is 2. The Hall–Kier alpha value is -1.70. The quantitative estimate of drug-likeness (QED) is 0.583. The van der Waals surface area contributed by atoms with E-state index in [1.807, 2.05) is 35.4 Å². The van der Waals surface area contributed by atoms with Crippen molar-refractivity contribution in [2.45, 2.75) is 50.8 Å². The van der Waals surface area contributed by atoms with Gasteiger partial charge in [0, 0.05) is 36.1 Å². The van der Waals surface area contributed by atoms with E-state index in [9.17, 15) is 9.59 Å². The van der Waals surface area contributed by atoms with Crippen LogP contribution in [0.5, 0.6) is 0 Å². The monoisotopic (exact) mass is 506 g/mol. The van der Waals surface area contributed by atoms with Crippen molar-refractivity contribution in [1.82, 2.24) is 20.1 Å². The predicted octanol–water partition coefficient (Wildman–Crippen LogP) is 4.41. The third-order valence-corrected chi connectivity index (χ3v) is 8.49. The fourth-order valence-corrected chi connectivity index (χ4v) is 6.01. The average molecular weight is 507 g/mol. The zero-order valence-electron chi connectivity index (χ0n) is 20.6. The number of fused-ring (bicyclic) bond motifs is 1. The van der Waals surface area contributed by atoms with Crippen LogP contribution in [0.3, 0.4) is 0 Å². The summed E-state index contributed by atoms with van der Waals surface area (Å²) >= 11 is 1.72. The number of H-pyrrole nitrogens is 1. The number of carbonyl (C=O) groups is 2. The number of aromatic nitrogens is 1. The number of carbonyl (C=O) groups excluding carboxylic acids is 2. The fourth-order valence-electron chi connectivity index (χ4n) is 5.21. The molecule has 0 unspecified atom stereocenters. The highest BCUT2D eigenvalue weighted by Crippen LogP contribution is 2.32. The van der Waals surface area contributed by atoms with Crippen LogP contribution in [0.2, 0.25) is 0 Å². The summed E-state index contributed by atoms with van der Waals surface area (Å²) in [5, 5.41) is 4.53. The summed E-state index contributed by atoms with van der Waals surface area (Å²) in [5.74, 6) is 2.01. The second-order valence-corrected chi connectivity index (χ2v) is 11.6. The van der Waals surface area contributed by atoms with E-state index in [4.69, 9.17) is 0 Å². The van der Waals surface area contributed by atoms with Gasteiger partial charge in [0.25, 0.3) is 5.91 Å². The molecule has 0 spiro atoms. The third kappa shape index (κ3) is 6.70. The standard InChI is InChI=1S/C26H38N4O2S.ClH/c1-18(2)33-17-24(28-25(31)22-5-4-21-6-11-27-23(21)16-22)26(32)30-14-9-20(10-15-30)19-7-12-29(3)13-8-19;/h4-6,11,16,18-20,24,27H,7-10,12-15,17H2,1-3H3,(H,28,31);1H/t24-;/m1./s1. The topological polar surface area (TPSA) is 68.4 Å². The molecule has 0 aliphatic carbocycles. The molecule has 8 heteroatoms. The Bertz CT molecular complexity index is 949. The van der Waals surface area contributed by atoms with Crippen LogP contribution in [0.25, 0.3) is 10.9 Å². The normalized spacial score (nSPS) is 19.2. The molecular formula is C26H39ClN4O2S. The molecule has 2 amide bonds. The highest BCUT2D eigenvalue weighted by atomic mass is 35.5. The third-order valence-electron chi connectivity index (χ3n) is 7.30. The smallest absolute Gasteiger partial charge is 0.252 e. The SMILES string of the molecule is CC(C)SC[C@@H](NC(=O)c1ccc2cc[nH]c2c1)C(=O)N1CCC(C2CCN(C)CC2)CC1.Cl. The van der Waals surface area contributed by atoms with Crippen molar-refractivity contribution in [3.05, 3.63) is 36.0 Å². The molecule has 2 saturated heterocycles. The molecule has 2 aromatic rings. The summed E-state index contributed by atoms with van der Waals surface area (Å²) in [7, 11) is 2.21. The molecule has 2 N–H and O–H groups in total. The van der Waals surface area contributed by atoms with Gasteiger partial charge in [-0.05, 0) is 86.5 Å². The molecule has 2 fully saturated rings. The Balaban J connectivity index is 0.00000324. The maximum atomic E-state index is 13.5. The van der Waals surface area contributed by atoms with Gasteiger partial charge in [0.15, 0.2) is 0 Å². The molecule has 2 aliphatic rings. The largest absolute Gasteiger partial charge is 0.361 e. The van der Waals surface area contributed by atoms with Gasteiger partial charge in [0.1, 0.15) is 6.04 Å². The molecule has 0 radical (unpaired) electrons. The average Bonchev–Trinajstić information content (AvgIpc) is 3.29. The van der Waals surface area contributed by atoms with Crippen LogP contribution in [-0.2, 0) is 4.79 Å². The van der Waals surface area contributed by atoms with Crippen LogP contribution in [0, 0.1) is 11.8 Å². The van der Waals surface area contributed by atoms with Gasteiger partial charge in [0.05, 0.1) is 0 Å². The second kappa shape index (κ2) is 12.3. The minimum atomic E-state index is -0.496. The lowest BCUT2D eigenvalue weighted by atomic mass is 9.79. The van der Waals surface area contributed by atoms with Gasteiger partial charge in [-0.2, -0.15) is 11.8 Å². The molecule has 0 saturated carbocycles. The van der Waals surface area contributed by atoms with Crippen LogP contribution in [0.1, 0.15) is 49.9 Å². The van der Waals surface area contributed by atoms with Crippen LogP contribution in [0.15, 0.2) is 30.5 Å². The zero-order valence-corrected chi connectivity index (χ0v) is 22.2. The molecule has 1 aromatic heterocycles. The summed E-state index contributed by atoms with van der Waals surface area (Å²) in [6.07, 6.45) is 6.60. The number of likely N-dealkylation sites (tertiary alicyclic amines) is 2. The first kappa shape index (κ1) is 26.9. The van der Waals surface area contributed by atoms with Crippen LogP contribution < -0.4 is 5.32 Å². The Morgan fingerprint density at radius 3 is 2.35 bits per heavy atom. The van der Waals surface area contributed by atoms with Crippen molar-refractivity contribution >= 4 is 46.9 Å². The molecule has 3 heterocycles. The Kier molecular flexibility index (Phi) is 9.74. The Labute approximate surface area is 214 Å². The number of halogens is 1. The van der Waals surface area contributed by atoms with Crippen molar-refractivity contribution in [3.63, 3.8) is 0 Å². The van der Waals surface area contributed by atoms with Crippen molar-refractivity contribution in [1.29, 1.82) is 0 Å². The molecule has 2 aliphatic heterocycles. The van der Waals surface area contributed by atoms with Crippen molar-refractivity contribution < 1.29 is 9.59 Å². The lowest BCUT2D eigenvalue weighted by Crippen LogP contribution is -2.52. The summed E-state index contributed by atoms with van der Waals surface area (Å²) in [6, 6.07) is 7.11. The summed E-state index contributed by atoms with van der Waals surface area (Å²) in [6.45, 7) is 8.25. The van der Waals surface area contributed by atoms with Crippen molar-refractivity contribution in [3.8, 4) is 0 Å². The molecule has 0 bridgehead atoms. The van der Waals surface area contributed by atoms with E-state index in [0.29, 0.717) is 16.6 Å². The number of hydrogen-bond donors (Lipinski definition) is 2. The molecule has 34 heavy (non-hydrogen) atoms. The first-order valence-corrected chi connectivity index (χ1v) is 13.4. The highest BCUT2D eigenvalue weighted by molar-refractivity contribution is 7.99. The van der Waals surface area contributed by atoms with Crippen LogP contribution >= 0.6 is 24.2 Å². The minimum Gasteiger partial charge on any atom is -0.361 e.